The minimum Gasteiger partial charge on any atom is -0.395 e. The number of halogens is 4. The van der Waals surface area contributed by atoms with Crippen molar-refractivity contribution in [2.45, 2.75) is 33.2 Å². The number of anilines is 1. The van der Waals surface area contributed by atoms with Crippen LogP contribution in [0.3, 0.4) is 0 Å². The first-order chi connectivity index (χ1) is 13.4. The van der Waals surface area contributed by atoms with Gasteiger partial charge in [0.1, 0.15) is 17.7 Å². The molecule has 0 radical (unpaired) electrons. The lowest BCUT2D eigenvalue weighted by Gasteiger charge is -2.38. The summed E-state index contributed by atoms with van der Waals surface area (Å²) in [7, 11) is 0. The Morgan fingerprint density at radius 1 is 1.14 bits per heavy atom. The average molecular weight is 416 g/mol. The third kappa shape index (κ3) is 6.71. The van der Waals surface area contributed by atoms with Gasteiger partial charge < -0.3 is 15.7 Å². The topological polar surface area (TPSA) is 65.1 Å². The number of hydrogen-bond donors (Lipinski definition) is 2. The van der Waals surface area contributed by atoms with Crippen LogP contribution >= 0.6 is 0 Å². The summed E-state index contributed by atoms with van der Waals surface area (Å²) in [4.78, 5) is 8.13. The zero-order valence-corrected chi connectivity index (χ0v) is 16.9. The highest BCUT2D eigenvalue weighted by molar-refractivity contribution is 5.99. The summed E-state index contributed by atoms with van der Waals surface area (Å²) in [5.74, 6) is -0.296. The molecule has 0 aliphatic carbocycles. The molecule has 1 heterocycles. The number of hydrogen-bond acceptors (Lipinski definition) is 5. The second kappa shape index (κ2) is 9.13. The maximum Gasteiger partial charge on any atom is 0.430 e. The Morgan fingerprint density at radius 2 is 1.69 bits per heavy atom. The normalized spacial score (nSPS) is 18.8. The molecule has 0 aromatic heterocycles. The fourth-order valence-electron chi connectivity index (χ4n) is 2.95. The molecular formula is C20H28F4N4O. The maximum absolute atomic E-state index is 13.1. The third-order valence-electron chi connectivity index (χ3n) is 4.74. The number of nitrogens with two attached hydrogens (primary N) is 1. The number of allylic oxidation sites excluding steroid dienone is 2. The van der Waals surface area contributed by atoms with Crippen molar-refractivity contribution in [2.75, 3.05) is 37.6 Å². The molecule has 1 aliphatic heterocycles. The van der Waals surface area contributed by atoms with E-state index in [9.17, 15) is 22.7 Å². The highest BCUT2D eigenvalue weighted by Gasteiger charge is 2.33. The van der Waals surface area contributed by atoms with Crippen molar-refractivity contribution in [1.82, 2.24) is 4.90 Å². The number of nitrogens with zero attached hydrogens (tertiary/aromatic N) is 3. The standard InChI is InChI=1S/C20H28F4N4O/c1-19(2,3)17(12-16(25)20(22,23)24)26-13-18(29)28-10-8-27(9-11-28)15-6-4-14(21)5-7-15/h4-7,12,18,29H,8-11,13,25H2,1-3H3. The fraction of sp³-hybridized carbons (Fsp3) is 0.550. The smallest absolute Gasteiger partial charge is 0.395 e. The van der Waals surface area contributed by atoms with Crippen LogP contribution in [0.4, 0.5) is 23.2 Å². The van der Waals surface area contributed by atoms with E-state index in [1.54, 1.807) is 32.9 Å². The summed E-state index contributed by atoms with van der Waals surface area (Å²) in [6.45, 7) is 7.54. The Hall–Kier alpha value is -2.13. The first kappa shape index (κ1) is 23.2. The SMILES string of the molecule is CC(C)(C)C(C=C(N)C(F)(F)F)=NCC(O)N1CCN(c2ccc(F)cc2)CC1. The van der Waals surface area contributed by atoms with E-state index in [2.05, 4.69) is 9.89 Å². The van der Waals surface area contributed by atoms with Crippen LogP contribution in [0, 0.1) is 11.2 Å². The summed E-state index contributed by atoms with van der Waals surface area (Å²) in [6, 6.07) is 6.22. The lowest BCUT2D eigenvalue weighted by atomic mass is 9.89. The van der Waals surface area contributed by atoms with Gasteiger partial charge in [0.25, 0.3) is 0 Å². The molecule has 162 valence electrons. The molecule has 2 rings (SSSR count). The van der Waals surface area contributed by atoms with Crippen LogP contribution in [0.1, 0.15) is 20.8 Å². The first-order valence-corrected chi connectivity index (χ1v) is 9.40. The van der Waals surface area contributed by atoms with Crippen LogP contribution in [0.25, 0.3) is 0 Å². The molecule has 5 nitrogen and oxygen atoms in total. The van der Waals surface area contributed by atoms with Gasteiger partial charge >= 0.3 is 6.18 Å². The van der Waals surface area contributed by atoms with Crippen molar-refractivity contribution < 1.29 is 22.7 Å². The van der Waals surface area contributed by atoms with Crippen LogP contribution in [0.5, 0.6) is 0 Å². The molecule has 1 fully saturated rings. The minimum atomic E-state index is -4.62. The molecular weight excluding hydrogens is 388 g/mol. The Bertz CT molecular complexity index is 730. The van der Waals surface area contributed by atoms with E-state index in [1.165, 1.54) is 12.1 Å². The Kier molecular flexibility index (Phi) is 7.29. The summed E-state index contributed by atoms with van der Waals surface area (Å²) in [5, 5.41) is 10.5. The van der Waals surface area contributed by atoms with E-state index in [-0.39, 0.29) is 18.1 Å². The predicted octanol–water partition coefficient (Wildman–Crippen LogP) is 3.16. The molecule has 0 saturated carbocycles. The van der Waals surface area contributed by atoms with Gasteiger partial charge in [-0.1, -0.05) is 20.8 Å². The number of piperazine rings is 1. The van der Waals surface area contributed by atoms with Gasteiger partial charge in [-0.2, -0.15) is 13.2 Å². The quantitative estimate of drug-likeness (QED) is 0.572. The molecule has 1 aliphatic rings. The van der Waals surface area contributed by atoms with Crippen LogP contribution in [0.15, 0.2) is 41.0 Å². The van der Waals surface area contributed by atoms with E-state index in [1.807, 2.05) is 4.90 Å². The van der Waals surface area contributed by atoms with Gasteiger partial charge in [0.15, 0.2) is 0 Å². The van der Waals surface area contributed by atoms with Crippen LogP contribution in [-0.2, 0) is 0 Å². The lowest BCUT2D eigenvalue weighted by Crippen LogP contribution is -2.51. The highest BCUT2D eigenvalue weighted by atomic mass is 19.4. The molecule has 1 atom stereocenters. The van der Waals surface area contributed by atoms with Crippen LogP contribution in [0.2, 0.25) is 0 Å². The van der Waals surface area contributed by atoms with Crippen molar-refractivity contribution in [2.24, 2.45) is 16.1 Å². The molecule has 3 N–H and O–H groups in total. The average Bonchev–Trinajstić information content (AvgIpc) is 2.63. The van der Waals surface area contributed by atoms with Gasteiger partial charge in [-0.3, -0.25) is 9.89 Å². The maximum atomic E-state index is 13.1. The molecule has 1 unspecified atom stereocenters. The predicted molar refractivity (Wildman–Crippen MR) is 106 cm³/mol. The van der Waals surface area contributed by atoms with Crippen molar-refractivity contribution >= 4 is 11.4 Å². The van der Waals surface area contributed by atoms with Gasteiger partial charge in [-0.05, 0) is 30.3 Å². The molecule has 1 aromatic rings. The Balaban J connectivity index is 1.99. The van der Waals surface area contributed by atoms with Gasteiger partial charge in [0.2, 0.25) is 0 Å². The fourth-order valence-corrected chi connectivity index (χ4v) is 2.95. The van der Waals surface area contributed by atoms with Crippen LogP contribution < -0.4 is 10.6 Å². The Labute approximate surface area is 168 Å². The number of aliphatic hydroxyl groups excluding tert-OH is 1. The van der Waals surface area contributed by atoms with Crippen molar-refractivity contribution in [1.29, 1.82) is 0 Å². The monoisotopic (exact) mass is 416 g/mol. The summed E-state index contributed by atoms with van der Waals surface area (Å²) in [6.07, 6.45) is -4.70. The van der Waals surface area contributed by atoms with Gasteiger partial charge in [0.05, 0.1) is 6.54 Å². The van der Waals surface area contributed by atoms with Gasteiger partial charge in [0, 0.05) is 43.0 Å². The highest BCUT2D eigenvalue weighted by Crippen LogP contribution is 2.25. The largest absolute Gasteiger partial charge is 0.430 e. The second-order valence-electron chi connectivity index (χ2n) is 8.05. The molecule has 1 aromatic carbocycles. The number of rotatable bonds is 5. The van der Waals surface area contributed by atoms with Crippen LogP contribution in [-0.4, -0.2) is 60.8 Å². The molecule has 9 heteroatoms. The number of aliphatic hydroxyl groups is 1. The lowest BCUT2D eigenvalue weighted by molar-refractivity contribution is -0.0925. The van der Waals surface area contributed by atoms with E-state index in [0.29, 0.717) is 26.2 Å². The first-order valence-electron chi connectivity index (χ1n) is 9.40. The second-order valence-corrected chi connectivity index (χ2v) is 8.05. The molecule has 29 heavy (non-hydrogen) atoms. The number of alkyl halides is 3. The van der Waals surface area contributed by atoms with Crippen molar-refractivity contribution in [3.8, 4) is 0 Å². The molecule has 0 bridgehead atoms. The number of benzene rings is 1. The minimum absolute atomic E-state index is 0.0508. The van der Waals surface area contributed by atoms with Crippen molar-refractivity contribution in [3.05, 3.63) is 41.9 Å². The zero-order valence-electron chi connectivity index (χ0n) is 16.9. The Morgan fingerprint density at radius 3 is 2.17 bits per heavy atom. The van der Waals surface area contributed by atoms with E-state index in [4.69, 9.17) is 5.73 Å². The summed E-state index contributed by atoms with van der Waals surface area (Å²) < 4.78 is 51.3. The molecule has 0 amide bonds. The molecule has 0 spiro atoms. The van der Waals surface area contributed by atoms with E-state index < -0.39 is 23.5 Å². The number of aliphatic imine (C=N–C) groups is 1. The van der Waals surface area contributed by atoms with Gasteiger partial charge in [-0.25, -0.2) is 4.39 Å². The summed E-state index contributed by atoms with van der Waals surface area (Å²) >= 11 is 0. The zero-order chi connectivity index (χ0) is 21.8. The van der Waals surface area contributed by atoms with E-state index >= 15 is 0 Å². The third-order valence-corrected chi connectivity index (χ3v) is 4.74. The van der Waals surface area contributed by atoms with Crippen molar-refractivity contribution in [3.63, 3.8) is 0 Å². The van der Waals surface area contributed by atoms with Gasteiger partial charge in [-0.15, -0.1) is 0 Å². The molecule has 1 saturated heterocycles. The van der Waals surface area contributed by atoms with E-state index in [0.717, 1.165) is 11.8 Å². The summed E-state index contributed by atoms with van der Waals surface area (Å²) in [5.41, 5.74) is 4.34.